The van der Waals surface area contributed by atoms with Crippen LogP contribution in [0.3, 0.4) is 0 Å². The van der Waals surface area contributed by atoms with Gasteiger partial charge < -0.3 is 15.2 Å². The summed E-state index contributed by atoms with van der Waals surface area (Å²) in [7, 11) is 1.92. The van der Waals surface area contributed by atoms with Crippen LogP contribution in [-0.4, -0.2) is 20.4 Å². The molecule has 1 amide bonds. The number of amides is 1. The normalized spacial score (nSPS) is 14.3. The zero-order valence-corrected chi connectivity index (χ0v) is 16.5. The molecule has 152 valence electrons. The molecule has 0 bridgehead atoms. The van der Waals surface area contributed by atoms with Gasteiger partial charge >= 0.3 is 0 Å². The molecule has 0 fully saturated rings. The van der Waals surface area contributed by atoms with Crippen LogP contribution in [0.25, 0.3) is 22.3 Å². The number of nitro benzene ring substituents is 1. The van der Waals surface area contributed by atoms with Crippen LogP contribution in [0.4, 0.5) is 17.1 Å². The molecule has 0 unspecified atom stereocenters. The summed E-state index contributed by atoms with van der Waals surface area (Å²) in [6, 6.07) is 19.5. The summed E-state index contributed by atoms with van der Waals surface area (Å²) in [6.07, 6.45) is 1.74. The van der Waals surface area contributed by atoms with Crippen molar-refractivity contribution in [2.75, 3.05) is 10.6 Å². The minimum Gasteiger partial charge on any atom is -0.354 e. The highest BCUT2D eigenvalue weighted by atomic mass is 16.6. The average molecular weight is 411 g/mol. The Kier molecular flexibility index (Phi) is 4.25. The Morgan fingerprint density at radius 3 is 2.68 bits per heavy atom. The lowest BCUT2D eigenvalue weighted by atomic mass is 9.99. The molecule has 1 aliphatic rings. The molecule has 5 rings (SSSR count). The first-order valence-electron chi connectivity index (χ1n) is 9.59. The van der Waals surface area contributed by atoms with Crippen molar-refractivity contribution in [1.82, 2.24) is 9.55 Å². The van der Waals surface area contributed by atoms with Crippen LogP contribution < -0.4 is 10.6 Å². The minimum atomic E-state index is -0.467. The topological polar surface area (TPSA) is 102 Å². The van der Waals surface area contributed by atoms with Crippen molar-refractivity contribution in [2.45, 2.75) is 0 Å². The monoisotopic (exact) mass is 411 g/mol. The summed E-state index contributed by atoms with van der Waals surface area (Å²) in [5.41, 5.74) is 5.22. The van der Waals surface area contributed by atoms with E-state index in [9.17, 15) is 14.9 Å². The van der Waals surface area contributed by atoms with Gasteiger partial charge in [0.05, 0.1) is 33.6 Å². The summed E-state index contributed by atoms with van der Waals surface area (Å²) in [5, 5.41) is 17.5. The molecule has 1 aliphatic heterocycles. The van der Waals surface area contributed by atoms with E-state index in [1.54, 1.807) is 12.4 Å². The number of carbonyl (C=O) groups excluding carboxylic acids is 1. The molecule has 0 aliphatic carbocycles. The molecule has 4 aromatic rings. The molecule has 2 N–H and O–H groups in total. The maximum Gasteiger partial charge on any atom is 0.270 e. The van der Waals surface area contributed by atoms with Crippen molar-refractivity contribution in [2.24, 2.45) is 7.05 Å². The number of fused-ring (bicyclic) bond motifs is 2. The van der Waals surface area contributed by atoms with E-state index in [4.69, 9.17) is 0 Å². The highest BCUT2D eigenvalue weighted by Gasteiger charge is 2.30. The number of rotatable bonds is 4. The van der Waals surface area contributed by atoms with E-state index >= 15 is 0 Å². The number of hydrogen-bond donors (Lipinski definition) is 2. The molecule has 0 radical (unpaired) electrons. The third-order valence-corrected chi connectivity index (χ3v) is 5.27. The Morgan fingerprint density at radius 2 is 1.90 bits per heavy atom. The molecule has 0 spiro atoms. The summed E-state index contributed by atoms with van der Waals surface area (Å²) in [4.78, 5) is 28.2. The van der Waals surface area contributed by atoms with Gasteiger partial charge in [-0.25, -0.2) is 4.98 Å². The Hall–Kier alpha value is -4.46. The van der Waals surface area contributed by atoms with E-state index in [0.717, 1.165) is 22.3 Å². The van der Waals surface area contributed by atoms with Crippen LogP contribution in [0.1, 0.15) is 11.1 Å². The molecule has 0 saturated carbocycles. The van der Waals surface area contributed by atoms with Crippen molar-refractivity contribution >= 4 is 45.3 Å². The van der Waals surface area contributed by atoms with Gasteiger partial charge in [-0.2, -0.15) is 0 Å². The van der Waals surface area contributed by atoms with E-state index in [1.165, 1.54) is 12.1 Å². The highest BCUT2D eigenvalue weighted by molar-refractivity contribution is 6.37. The Bertz CT molecular complexity index is 1390. The number of hydrogen-bond acceptors (Lipinski definition) is 5. The number of imidazole rings is 1. The molecular weight excluding hydrogens is 394 g/mol. The zero-order chi connectivity index (χ0) is 21.5. The molecule has 31 heavy (non-hydrogen) atoms. The Labute approximate surface area is 177 Å². The van der Waals surface area contributed by atoms with Crippen LogP contribution in [-0.2, 0) is 11.8 Å². The first-order valence-corrected chi connectivity index (χ1v) is 9.59. The van der Waals surface area contributed by atoms with Crippen molar-refractivity contribution in [3.8, 4) is 0 Å². The third-order valence-electron chi connectivity index (χ3n) is 5.27. The summed E-state index contributed by atoms with van der Waals surface area (Å²) in [6.45, 7) is 0. The zero-order valence-electron chi connectivity index (χ0n) is 16.5. The van der Waals surface area contributed by atoms with Gasteiger partial charge in [0.2, 0.25) is 0 Å². The second-order valence-corrected chi connectivity index (χ2v) is 7.24. The maximum atomic E-state index is 12.9. The van der Waals surface area contributed by atoms with Gasteiger partial charge in [0.25, 0.3) is 11.6 Å². The second-order valence-electron chi connectivity index (χ2n) is 7.24. The van der Waals surface area contributed by atoms with Crippen molar-refractivity contribution in [1.29, 1.82) is 0 Å². The van der Waals surface area contributed by atoms with E-state index in [0.29, 0.717) is 22.5 Å². The van der Waals surface area contributed by atoms with Gasteiger partial charge in [-0.1, -0.05) is 30.3 Å². The quantitative estimate of drug-likeness (QED) is 0.294. The van der Waals surface area contributed by atoms with Gasteiger partial charge in [0, 0.05) is 36.1 Å². The number of nitrogens with one attached hydrogen (secondary N) is 2. The predicted molar refractivity (Wildman–Crippen MR) is 119 cm³/mol. The van der Waals surface area contributed by atoms with Crippen LogP contribution in [0.5, 0.6) is 0 Å². The van der Waals surface area contributed by atoms with E-state index < -0.39 is 4.92 Å². The number of nitrogens with zero attached hydrogens (tertiary/aromatic N) is 3. The maximum absolute atomic E-state index is 12.9. The summed E-state index contributed by atoms with van der Waals surface area (Å²) < 4.78 is 1.93. The summed E-state index contributed by atoms with van der Waals surface area (Å²) >= 11 is 0. The fraction of sp³-hybridized carbons (Fsp3) is 0.0435. The highest BCUT2D eigenvalue weighted by Crippen LogP contribution is 2.39. The molecule has 0 atom stereocenters. The third kappa shape index (κ3) is 3.20. The lowest BCUT2D eigenvalue weighted by Gasteiger charge is -2.15. The molecule has 0 saturated heterocycles. The minimum absolute atomic E-state index is 0.0740. The summed E-state index contributed by atoms with van der Waals surface area (Å²) in [5.74, 6) is -0.319. The van der Waals surface area contributed by atoms with Crippen LogP contribution >= 0.6 is 0 Å². The predicted octanol–water partition coefficient (Wildman–Crippen LogP) is 4.41. The lowest BCUT2D eigenvalue weighted by molar-refractivity contribution is -0.384. The van der Waals surface area contributed by atoms with Crippen LogP contribution in [0.2, 0.25) is 0 Å². The first kappa shape index (κ1) is 18.6. The molecule has 3 aromatic carbocycles. The molecule has 8 heteroatoms. The number of carbonyl (C=O) groups is 1. The largest absolute Gasteiger partial charge is 0.354 e. The Balaban J connectivity index is 1.70. The van der Waals surface area contributed by atoms with E-state index in [1.807, 2.05) is 60.1 Å². The number of aromatic nitrogens is 2. The molecule has 2 heterocycles. The fourth-order valence-electron chi connectivity index (χ4n) is 3.76. The number of aryl methyl sites for hydroxylation is 1. The van der Waals surface area contributed by atoms with Gasteiger partial charge in [-0.15, -0.1) is 0 Å². The molecular formula is C23H17N5O3. The lowest BCUT2D eigenvalue weighted by Crippen LogP contribution is -2.10. The smallest absolute Gasteiger partial charge is 0.270 e. The second kappa shape index (κ2) is 7.10. The number of non-ortho nitro benzene ring substituents is 1. The van der Waals surface area contributed by atoms with Crippen molar-refractivity contribution in [3.63, 3.8) is 0 Å². The van der Waals surface area contributed by atoms with E-state index in [2.05, 4.69) is 15.6 Å². The number of anilines is 2. The standard InChI is InChI=1S/C23H17N5O3/c1-27-13-24-19-11-15(7-10-20(19)27)25-22(14-5-3-2-4-6-14)21-17-12-16(28(30)31)8-9-18(17)26-23(21)29/h2-13,25H,1H3,(H,26,29)/b22-21-. The van der Waals surface area contributed by atoms with Gasteiger partial charge in [-0.05, 0) is 29.8 Å². The van der Waals surface area contributed by atoms with Gasteiger partial charge in [0.15, 0.2) is 0 Å². The molecule has 1 aromatic heterocycles. The van der Waals surface area contributed by atoms with E-state index in [-0.39, 0.29) is 11.6 Å². The van der Waals surface area contributed by atoms with Crippen LogP contribution in [0, 0.1) is 10.1 Å². The van der Waals surface area contributed by atoms with Crippen molar-refractivity contribution in [3.05, 3.63) is 94.3 Å². The average Bonchev–Trinajstić information content (AvgIpc) is 3.30. The number of nitro groups is 1. The first-order chi connectivity index (χ1) is 15.0. The fourth-order valence-corrected chi connectivity index (χ4v) is 3.76. The van der Waals surface area contributed by atoms with Gasteiger partial charge in [0.1, 0.15) is 0 Å². The SMILES string of the molecule is Cn1cnc2cc(N/C(=C3\C(=O)Nc4ccc([N+](=O)[O-])cc43)c3ccccc3)ccc21. The Morgan fingerprint density at radius 1 is 1.10 bits per heavy atom. The van der Waals surface area contributed by atoms with Gasteiger partial charge in [-0.3, -0.25) is 14.9 Å². The van der Waals surface area contributed by atoms with Crippen LogP contribution in [0.15, 0.2) is 73.1 Å². The number of benzene rings is 3. The van der Waals surface area contributed by atoms with Crippen molar-refractivity contribution < 1.29 is 9.72 Å². The molecule has 8 nitrogen and oxygen atoms in total.